The summed E-state index contributed by atoms with van der Waals surface area (Å²) in [7, 11) is 1.64. The predicted molar refractivity (Wildman–Crippen MR) is 108 cm³/mol. The molecule has 142 valence electrons. The third kappa shape index (κ3) is 4.04. The molecule has 0 saturated carbocycles. The van der Waals surface area contributed by atoms with Crippen LogP contribution in [0.1, 0.15) is 17.8 Å². The number of ether oxygens (including phenoxy) is 2. The molecule has 2 aromatic carbocycles. The molecule has 2 aromatic heterocycles. The Hall–Kier alpha value is -3.19. The van der Waals surface area contributed by atoms with Crippen molar-refractivity contribution in [2.24, 2.45) is 0 Å². The second kappa shape index (κ2) is 8.22. The van der Waals surface area contributed by atoms with E-state index < -0.39 is 0 Å². The molecular formula is C21H19N3O3S. The maximum atomic E-state index is 5.48. The van der Waals surface area contributed by atoms with Gasteiger partial charge in [0, 0.05) is 16.5 Å². The second-order valence-corrected chi connectivity index (χ2v) is 6.94. The van der Waals surface area contributed by atoms with Gasteiger partial charge in [0.15, 0.2) is 0 Å². The molecule has 0 radical (unpaired) electrons. The summed E-state index contributed by atoms with van der Waals surface area (Å²) in [5.41, 5.74) is 2.86. The minimum atomic E-state index is 0.505. The predicted octanol–water partition coefficient (Wildman–Crippen LogP) is 4.86. The Balaban J connectivity index is 1.46. The standard InChI is InChI=1S/C21H19N3O3S/c1-3-26-17-10-4-14(5-11-17)18-13-28-20(22-18)12-19-23-21(24-27-19)15-6-8-16(25-2)9-7-15/h4-11,13H,3,12H2,1-2H3. The monoisotopic (exact) mass is 393 g/mol. The Morgan fingerprint density at radius 3 is 2.36 bits per heavy atom. The quantitative estimate of drug-likeness (QED) is 0.447. The van der Waals surface area contributed by atoms with Crippen molar-refractivity contribution >= 4 is 11.3 Å². The number of hydrogen-bond donors (Lipinski definition) is 0. The first kappa shape index (κ1) is 18.2. The number of benzene rings is 2. The number of hydrogen-bond acceptors (Lipinski definition) is 7. The van der Waals surface area contributed by atoms with Crippen LogP contribution in [0.5, 0.6) is 11.5 Å². The molecule has 0 N–H and O–H groups in total. The molecule has 0 amide bonds. The van der Waals surface area contributed by atoms with Crippen molar-refractivity contribution in [2.75, 3.05) is 13.7 Å². The van der Waals surface area contributed by atoms with E-state index in [2.05, 4.69) is 15.1 Å². The van der Waals surface area contributed by atoms with Crippen molar-refractivity contribution in [3.05, 3.63) is 64.8 Å². The summed E-state index contributed by atoms with van der Waals surface area (Å²) in [6, 6.07) is 15.5. The average molecular weight is 393 g/mol. The summed E-state index contributed by atoms with van der Waals surface area (Å²) in [6.45, 7) is 2.63. The van der Waals surface area contributed by atoms with E-state index in [-0.39, 0.29) is 0 Å². The lowest BCUT2D eigenvalue weighted by Crippen LogP contribution is -1.91. The van der Waals surface area contributed by atoms with Crippen LogP contribution in [-0.2, 0) is 6.42 Å². The highest BCUT2D eigenvalue weighted by molar-refractivity contribution is 7.10. The molecule has 0 unspecified atom stereocenters. The first-order valence-electron chi connectivity index (χ1n) is 8.90. The second-order valence-electron chi connectivity index (χ2n) is 6.00. The van der Waals surface area contributed by atoms with Crippen LogP contribution in [0.25, 0.3) is 22.6 Å². The topological polar surface area (TPSA) is 70.3 Å². The Bertz CT molecular complexity index is 1040. The van der Waals surface area contributed by atoms with Crippen LogP contribution < -0.4 is 9.47 Å². The number of rotatable bonds is 7. The van der Waals surface area contributed by atoms with Crippen molar-refractivity contribution in [3.63, 3.8) is 0 Å². The SMILES string of the molecule is CCOc1ccc(-c2csc(Cc3nc(-c4ccc(OC)cc4)no3)n2)cc1. The van der Waals surface area contributed by atoms with E-state index in [0.29, 0.717) is 24.7 Å². The molecule has 0 atom stereocenters. The van der Waals surface area contributed by atoms with Gasteiger partial charge >= 0.3 is 0 Å². The highest BCUT2D eigenvalue weighted by Gasteiger charge is 2.12. The van der Waals surface area contributed by atoms with Gasteiger partial charge in [0.05, 0.1) is 25.8 Å². The van der Waals surface area contributed by atoms with E-state index in [4.69, 9.17) is 14.0 Å². The summed E-state index contributed by atoms with van der Waals surface area (Å²) in [5, 5.41) is 7.02. The fourth-order valence-corrected chi connectivity index (χ4v) is 3.52. The number of nitrogens with zero attached hydrogens (tertiary/aromatic N) is 3. The first-order chi connectivity index (χ1) is 13.7. The highest BCUT2D eigenvalue weighted by atomic mass is 32.1. The molecular weight excluding hydrogens is 374 g/mol. The largest absolute Gasteiger partial charge is 0.497 e. The van der Waals surface area contributed by atoms with Gasteiger partial charge in [0.1, 0.15) is 16.5 Å². The van der Waals surface area contributed by atoms with Gasteiger partial charge in [-0.1, -0.05) is 5.16 Å². The molecule has 0 bridgehead atoms. The first-order valence-corrected chi connectivity index (χ1v) is 9.78. The van der Waals surface area contributed by atoms with Gasteiger partial charge in [-0.05, 0) is 55.5 Å². The molecule has 28 heavy (non-hydrogen) atoms. The van der Waals surface area contributed by atoms with Crippen molar-refractivity contribution in [2.45, 2.75) is 13.3 Å². The normalized spacial score (nSPS) is 10.8. The van der Waals surface area contributed by atoms with E-state index in [1.807, 2.05) is 60.8 Å². The minimum absolute atomic E-state index is 0.505. The lowest BCUT2D eigenvalue weighted by atomic mass is 10.2. The third-order valence-electron chi connectivity index (χ3n) is 4.13. The van der Waals surface area contributed by atoms with E-state index in [9.17, 15) is 0 Å². The molecule has 2 heterocycles. The minimum Gasteiger partial charge on any atom is -0.497 e. The van der Waals surface area contributed by atoms with Crippen LogP contribution in [0, 0.1) is 0 Å². The van der Waals surface area contributed by atoms with Crippen LogP contribution in [0.2, 0.25) is 0 Å². The average Bonchev–Trinajstić information content (AvgIpc) is 3.39. The van der Waals surface area contributed by atoms with E-state index in [1.54, 1.807) is 18.4 Å². The van der Waals surface area contributed by atoms with Gasteiger partial charge < -0.3 is 14.0 Å². The van der Waals surface area contributed by atoms with Gasteiger partial charge in [-0.15, -0.1) is 11.3 Å². The summed E-state index contributed by atoms with van der Waals surface area (Å²) < 4.78 is 16.0. The van der Waals surface area contributed by atoms with Gasteiger partial charge in [0.25, 0.3) is 0 Å². The summed E-state index contributed by atoms with van der Waals surface area (Å²) >= 11 is 1.58. The lowest BCUT2D eigenvalue weighted by Gasteiger charge is -2.03. The molecule has 0 spiro atoms. The van der Waals surface area contributed by atoms with Crippen LogP contribution in [-0.4, -0.2) is 28.8 Å². The van der Waals surface area contributed by atoms with E-state index >= 15 is 0 Å². The molecule has 0 aliphatic heterocycles. The van der Waals surface area contributed by atoms with E-state index in [0.717, 1.165) is 33.3 Å². The Morgan fingerprint density at radius 2 is 1.64 bits per heavy atom. The van der Waals surface area contributed by atoms with Crippen molar-refractivity contribution in [3.8, 4) is 34.1 Å². The van der Waals surface area contributed by atoms with Crippen molar-refractivity contribution < 1.29 is 14.0 Å². The zero-order valence-electron chi connectivity index (χ0n) is 15.6. The molecule has 0 fully saturated rings. The van der Waals surface area contributed by atoms with Gasteiger partial charge in [-0.2, -0.15) is 4.98 Å². The Kier molecular flexibility index (Phi) is 5.34. The molecule has 6 nitrogen and oxygen atoms in total. The van der Waals surface area contributed by atoms with Gasteiger partial charge in [-0.3, -0.25) is 0 Å². The maximum absolute atomic E-state index is 5.48. The zero-order valence-corrected chi connectivity index (χ0v) is 16.4. The van der Waals surface area contributed by atoms with E-state index in [1.165, 1.54) is 0 Å². The smallest absolute Gasteiger partial charge is 0.233 e. The lowest BCUT2D eigenvalue weighted by molar-refractivity contribution is 0.340. The van der Waals surface area contributed by atoms with Crippen LogP contribution in [0.4, 0.5) is 0 Å². The third-order valence-corrected chi connectivity index (χ3v) is 4.98. The zero-order chi connectivity index (χ0) is 19.3. The molecule has 4 rings (SSSR count). The van der Waals surface area contributed by atoms with Crippen LogP contribution in [0.15, 0.2) is 58.4 Å². The van der Waals surface area contributed by atoms with Gasteiger partial charge in [-0.25, -0.2) is 4.98 Å². The Labute approximate surface area is 166 Å². The van der Waals surface area contributed by atoms with Crippen LogP contribution >= 0.6 is 11.3 Å². The Morgan fingerprint density at radius 1 is 0.929 bits per heavy atom. The van der Waals surface area contributed by atoms with Crippen LogP contribution in [0.3, 0.4) is 0 Å². The number of thiazole rings is 1. The fourth-order valence-electron chi connectivity index (χ4n) is 2.73. The molecule has 0 saturated heterocycles. The summed E-state index contributed by atoms with van der Waals surface area (Å²) in [4.78, 5) is 9.17. The fraction of sp³-hybridized carbons (Fsp3) is 0.190. The number of aromatic nitrogens is 3. The molecule has 7 heteroatoms. The molecule has 0 aliphatic rings. The highest BCUT2D eigenvalue weighted by Crippen LogP contribution is 2.26. The number of methoxy groups -OCH3 is 1. The molecule has 4 aromatic rings. The summed E-state index contributed by atoms with van der Waals surface area (Å²) in [5.74, 6) is 2.75. The van der Waals surface area contributed by atoms with Crippen molar-refractivity contribution in [1.29, 1.82) is 0 Å². The summed E-state index contributed by atoms with van der Waals surface area (Å²) in [6.07, 6.45) is 0.505. The van der Waals surface area contributed by atoms with Crippen molar-refractivity contribution in [1.82, 2.24) is 15.1 Å². The maximum Gasteiger partial charge on any atom is 0.233 e. The molecule has 0 aliphatic carbocycles. The van der Waals surface area contributed by atoms with Gasteiger partial charge in [0.2, 0.25) is 11.7 Å².